The van der Waals surface area contributed by atoms with E-state index >= 15 is 0 Å². The van der Waals surface area contributed by atoms with E-state index in [-0.39, 0.29) is 5.75 Å². The summed E-state index contributed by atoms with van der Waals surface area (Å²) in [6, 6.07) is 10.2. The second kappa shape index (κ2) is 9.69. The summed E-state index contributed by atoms with van der Waals surface area (Å²) in [5.74, 6) is 0.162. The van der Waals surface area contributed by atoms with E-state index in [1.165, 1.54) is 13.2 Å². The molecule has 1 aromatic heterocycles. The van der Waals surface area contributed by atoms with Gasteiger partial charge in [-0.2, -0.15) is 0 Å². The predicted octanol–water partition coefficient (Wildman–Crippen LogP) is 2.85. The molecular formula is C22H27FN4O3. The summed E-state index contributed by atoms with van der Waals surface area (Å²) in [5.41, 5.74) is 8.86. The monoisotopic (exact) mass is 414 g/mol. The number of nitrogens with two attached hydrogens (primary N) is 1. The maximum absolute atomic E-state index is 13.8. The van der Waals surface area contributed by atoms with Gasteiger partial charge in [0.25, 0.3) is 0 Å². The van der Waals surface area contributed by atoms with Crippen molar-refractivity contribution in [3.63, 3.8) is 0 Å². The van der Waals surface area contributed by atoms with Crippen molar-refractivity contribution in [3.05, 3.63) is 48.0 Å². The predicted molar refractivity (Wildman–Crippen MR) is 114 cm³/mol. The summed E-state index contributed by atoms with van der Waals surface area (Å²) in [5, 5.41) is 3.10. The third kappa shape index (κ3) is 4.77. The number of rotatable bonds is 10. The van der Waals surface area contributed by atoms with Crippen LogP contribution in [0.25, 0.3) is 22.2 Å². The van der Waals surface area contributed by atoms with E-state index in [1.54, 1.807) is 19.1 Å². The van der Waals surface area contributed by atoms with E-state index in [0.717, 1.165) is 28.0 Å². The van der Waals surface area contributed by atoms with Crippen LogP contribution in [0.1, 0.15) is 19.7 Å². The van der Waals surface area contributed by atoms with Crippen molar-refractivity contribution in [1.82, 2.24) is 14.9 Å². The van der Waals surface area contributed by atoms with Crippen molar-refractivity contribution in [3.8, 4) is 16.9 Å². The molecule has 30 heavy (non-hydrogen) atoms. The smallest absolute Gasteiger partial charge is 0.234 e. The van der Waals surface area contributed by atoms with Crippen molar-refractivity contribution < 1.29 is 18.7 Å². The molecule has 0 fully saturated rings. The van der Waals surface area contributed by atoms with Crippen LogP contribution in [0.5, 0.6) is 5.75 Å². The van der Waals surface area contributed by atoms with Gasteiger partial charge in [0.1, 0.15) is 5.82 Å². The highest BCUT2D eigenvalue weighted by Gasteiger charge is 2.15. The molecular weight excluding hydrogens is 387 g/mol. The van der Waals surface area contributed by atoms with Crippen LogP contribution < -0.4 is 15.8 Å². The van der Waals surface area contributed by atoms with Gasteiger partial charge in [-0.05, 0) is 49.2 Å². The van der Waals surface area contributed by atoms with Gasteiger partial charge in [0.2, 0.25) is 5.91 Å². The average molecular weight is 414 g/mol. The van der Waals surface area contributed by atoms with Crippen molar-refractivity contribution in [2.45, 2.75) is 33.0 Å². The number of nitrogens with zero attached hydrogens (tertiary/aromatic N) is 2. The molecule has 1 amide bonds. The molecule has 0 radical (unpaired) electrons. The zero-order chi connectivity index (χ0) is 21.7. The van der Waals surface area contributed by atoms with Gasteiger partial charge in [0.15, 0.2) is 11.6 Å². The third-order valence-corrected chi connectivity index (χ3v) is 4.97. The van der Waals surface area contributed by atoms with Gasteiger partial charge >= 0.3 is 0 Å². The Kier molecular flexibility index (Phi) is 7.02. The van der Waals surface area contributed by atoms with E-state index < -0.39 is 17.8 Å². The lowest BCUT2D eigenvalue weighted by molar-refractivity contribution is -0.119. The first-order valence-electron chi connectivity index (χ1n) is 9.88. The second-order valence-electron chi connectivity index (χ2n) is 6.93. The Bertz CT molecular complexity index is 1030. The number of halogens is 1. The summed E-state index contributed by atoms with van der Waals surface area (Å²) >= 11 is 0. The van der Waals surface area contributed by atoms with Crippen molar-refractivity contribution in [2.24, 2.45) is 5.73 Å². The van der Waals surface area contributed by atoms with Crippen LogP contribution in [0.15, 0.2) is 36.4 Å². The van der Waals surface area contributed by atoms with Crippen LogP contribution in [0.4, 0.5) is 4.39 Å². The standard InChI is InChI=1S/C22H27FN4O3/c1-4-30-10-9-27-19-11-15(16-5-7-17(23)20(12-16)29-3)6-8-18(19)26-21(27)13-25-14(2)22(24)28/h5-8,11-12,14,25H,4,9-10,13H2,1-3H3,(H2,24,28)/t14-/m0/s1. The minimum Gasteiger partial charge on any atom is -0.494 e. The summed E-state index contributed by atoms with van der Waals surface area (Å²) in [6.07, 6.45) is 0. The molecule has 0 bridgehead atoms. The minimum atomic E-state index is -0.465. The Morgan fingerprint density at radius 2 is 2.00 bits per heavy atom. The van der Waals surface area contributed by atoms with Crippen molar-refractivity contribution >= 4 is 16.9 Å². The van der Waals surface area contributed by atoms with E-state index in [0.29, 0.717) is 26.3 Å². The molecule has 0 saturated carbocycles. The van der Waals surface area contributed by atoms with Crippen LogP contribution >= 0.6 is 0 Å². The Labute approximate surface area is 175 Å². The number of primary amides is 1. The number of aromatic nitrogens is 2. The molecule has 1 atom stereocenters. The summed E-state index contributed by atoms with van der Waals surface area (Å²) in [4.78, 5) is 16.1. The number of methoxy groups -OCH3 is 1. The molecule has 0 spiro atoms. The van der Waals surface area contributed by atoms with Crippen molar-refractivity contribution in [1.29, 1.82) is 0 Å². The van der Waals surface area contributed by atoms with Gasteiger partial charge in [0.05, 0.1) is 37.3 Å². The molecule has 0 saturated heterocycles. The summed E-state index contributed by atoms with van der Waals surface area (Å²) < 4.78 is 26.5. The third-order valence-electron chi connectivity index (χ3n) is 4.97. The fourth-order valence-electron chi connectivity index (χ4n) is 3.22. The van der Waals surface area contributed by atoms with E-state index in [1.807, 2.05) is 25.1 Å². The van der Waals surface area contributed by atoms with E-state index in [2.05, 4.69) is 9.88 Å². The fraction of sp³-hybridized carbons (Fsp3) is 0.364. The average Bonchev–Trinajstić information content (AvgIpc) is 3.09. The number of carbonyl (C=O) groups is 1. The van der Waals surface area contributed by atoms with Crippen LogP contribution in [0.3, 0.4) is 0 Å². The number of hydrogen-bond acceptors (Lipinski definition) is 5. The van der Waals surface area contributed by atoms with Gasteiger partial charge in [0, 0.05) is 13.2 Å². The number of amides is 1. The lowest BCUT2D eigenvalue weighted by atomic mass is 10.0. The number of fused-ring (bicyclic) bond motifs is 1. The number of benzene rings is 2. The first-order chi connectivity index (χ1) is 14.4. The van der Waals surface area contributed by atoms with Gasteiger partial charge < -0.3 is 19.8 Å². The molecule has 1 heterocycles. The second-order valence-corrected chi connectivity index (χ2v) is 6.93. The van der Waals surface area contributed by atoms with Crippen LogP contribution in [0, 0.1) is 5.82 Å². The summed E-state index contributed by atoms with van der Waals surface area (Å²) in [6.45, 7) is 5.83. The number of ether oxygens (including phenoxy) is 2. The highest BCUT2D eigenvalue weighted by molar-refractivity contribution is 5.83. The minimum absolute atomic E-state index is 0.197. The van der Waals surface area contributed by atoms with Crippen molar-refractivity contribution in [2.75, 3.05) is 20.3 Å². The Morgan fingerprint density at radius 3 is 2.70 bits per heavy atom. The largest absolute Gasteiger partial charge is 0.494 e. The molecule has 0 aliphatic heterocycles. The molecule has 3 rings (SSSR count). The summed E-state index contributed by atoms with van der Waals surface area (Å²) in [7, 11) is 1.44. The highest BCUT2D eigenvalue weighted by Crippen LogP contribution is 2.29. The SMILES string of the molecule is CCOCCn1c(CN[C@@H](C)C(N)=O)nc2ccc(-c3ccc(F)c(OC)c3)cc21. The topological polar surface area (TPSA) is 91.4 Å². The molecule has 0 aliphatic carbocycles. The van der Waals surface area contributed by atoms with Gasteiger partial charge in [-0.1, -0.05) is 12.1 Å². The number of nitrogens with one attached hydrogen (secondary N) is 1. The molecule has 0 unspecified atom stereocenters. The van der Waals surface area contributed by atoms with Crippen LogP contribution in [0.2, 0.25) is 0 Å². The maximum atomic E-state index is 13.8. The molecule has 0 aliphatic rings. The van der Waals surface area contributed by atoms with E-state index in [4.69, 9.17) is 20.2 Å². The lowest BCUT2D eigenvalue weighted by Gasteiger charge is -2.13. The number of hydrogen-bond donors (Lipinski definition) is 2. The van der Waals surface area contributed by atoms with Gasteiger partial charge in [-0.15, -0.1) is 0 Å². The first kappa shape index (κ1) is 21.7. The zero-order valence-electron chi connectivity index (χ0n) is 17.4. The number of imidazole rings is 1. The Hall–Kier alpha value is -2.97. The Balaban J connectivity index is 1.99. The van der Waals surface area contributed by atoms with E-state index in [9.17, 15) is 9.18 Å². The quantitative estimate of drug-likeness (QED) is 0.498. The Morgan fingerprint density at radius 1 is 1.27 bits per heavy atom. The lowest BCUT2D eigenvalue weighted by Crippen LogP contribution is -2.38. The molecule has 7 nitrogen and oxygen atoms in total. The highest BCUT2D eigenvalue weighted by atomic mass is 19.1. The molecule has 160 valence electrons. The number of carbonyl (C=O) groups excluding carboxylic acids is 1. The molecule has 3 aromatic rings. The maximum Gasteiger partial charge on any atom is 0.234 e. The van der Waals surface area contributed by atoms with Gasteiger partial charge in [-0.3, -0.25) is 10.1 Å². The van der Waals surface area contributed by atoms with Gasteiger partial charge in [-0.25, -0.2) is 9.37 Å². The molecule has 8 heteroatoms. The molecule has 2 aromatic carbocycles. The molecule has 3 N–H and O–H groups in total. The van der Waals surface area contributed by atoms with Crippen LogP contribution in [-0.4, -0.2) is 41.8 Å². The normalized spacial score (nSPS) is 12.3. The zero-order valence-corrected chi connectivity index (χ0v) is 17.4. The first-order valence-corrected chi connectivity index (χ1v) is 9.88. The van der Waals surface area contributed by atoms with Crippen LogP contribution in [-0.2, 0) is 22.6 Å². The fourth-order valence-corrected chi connectivity index (χ4v) is 3.22.